The van der Waals surface area contributed by atoms with Gasteiger partial charge in [0.2, 0.25) is 0 Å². The second-order valence-electron chi connectivity index (χ2n) is 7.16. The van der Waals surface area contributed by atoms with E-state index in [-0.39, 0.29) is 18.7 Å². The molecule has 0 radical (unpaired) electrons. The Balaban J connectivity index is 2.12. The summed E-state index contributed by atoms with van der Waals surface area (Å²) < 4.78 is 10.9. The van der Waals surface area contributed by atoms with Gasteiger partial charge in [-0.15, -0.1) is 0 Å². The van der Waals surface area contributed by atoms with Crippen LogP contribution in [0.25, 0.3) is 4.85 Å². The molecule has 0 aromatic heterocycles. The lowest BCUT2D eigenvalue weighted by Crippen LogP contribution is -2.35. The van der Waals surface area contributed by atoms with Gasteiger partial charge in [-0.2, -0.15) is 0 Å². The van der Waals surface area contributed by atoms with Crippen molar-refractivity contribution in [3.8, 4) is 5.75 Å². The molecular formula is C19H26N2O3. The second-order valence-corrected chi connectivity index (χ2v) is 7.16. The molecule has 1 aliphatic rings. The molecule has 1 fully saturated rings. The summed E-state index contributed by atoms with van der Waals surface area (Å²) in [7, 11) is 0. The van der Waals surface area contributed by atoms with E-state index in [9.17, 15) is 4.79 Å². The second kappa shape index (κ2) is 7.57. The van der Waals surface area contributed by atoms with E-state index in [1.54, 1.807) is 4.90 Å². The molecule has 2 rings (SSSR count). The van der Waals surface area contributed by atoms with Crippen molar-refractivity contribution in [2.75, 3.05) is 19.8 Å². The molecule has 1 aromatic carbocycles. The van der Waals surface area contributed by atoms with E-state index in [1.165, 1.54) is 0 Å². The molecule has 0 unspecified atom stereocenters. The molecule has 1 amide bonds. The van der Waals surface area contributed by atoms with Gasteiger partial charge in [0.1, 0.15) is 11.4 Å². The highest BCUT2D eigenvalue weighted by Crippen LogP contribution is 2.36. The Morgan fingerprint density at radius 1 is 1.38 bits per heavy atom. The Hall–Kier alpha value is -2.22. The average molecular weight is 330 g/mol. The van der Waals surface area contributed by atoms with Crippen molar-refractivity contribution in [3.63, 3.8) is 0 Å². The first kappa shape index (κ1) is 18.1. The highest BCUT2D eigenvalue weighted by Gasteiger charge is 2.37. The number of hydrogen-bond donors (Lipinski definition) is 0. The maximum absolute atomic E-state index is 12.4. The fraction of sp³-hybridized carbons (Fsp3) is 0.579. The standard InChI is InChI=1S/C19H26N2O3/c1-6-14-11-21(18(22)24-19(2,3)4)12-17(14)15-8-7-9-16(10-15)23-13-20-5/h7-10,14,17H,6,11-13H2,1-4H3/t14-,17+/m0/s1. The van der Waals surface area contributed by atoms with E-state index in [0.29, 0.717) is 24.8 Å². The SMILES string of the molecule is [C-]#[N+]COc1cccc([C@@H]2CN(C(=O)OC(C)(C)C)C[C@@H]2CC)c1. The molecule has 1 aromatic rings. The van der Waals surface area contributed by atoms with Crippen LogP contribution in [0.2, 0.25) is 0 Å². The van der Waals surface area contributed by atoms with Crippen LogP contribution >= 0.6 is 0 Å². The molecule has 2 atom stereocenters. The van der Waals surface area contributed by atoms with Gasteiger partial charge in [0, 0.05) is 19.0 Å². The van der Waals surface area contributed by atoms with Crippen LogP contribution < -0.4 is 4.74 Å². The predicted molar refractivity (Wildman–Crippen MR) is 92.9 cm³/mol. The third-order valence-electron chi connectivity index (χ3n) is 4.20. The van der Waals surface area contributed by atoms with Crippen LogP contribution in [0.4, 0.5) is 4.79 Å². The van der Waals surface area contributed by atoms with Crippen LogP contribution in [0.3, 0.4) is 0 Å². The molecule has 1 saturated heterocycles. The molecule has 0 spiro atoms. The molecule has 1 heterocycles. The highest BCUT2D eigenvalue weighted by atomic mass is 16.6. The number of carbonyl (C=O) groups is 1. The minimum absolute atomic E-state index is 0.0232. The normalized spacial score (nSPS) is 20.5. The van der Waals surface area contributed by atoms with E-state index in [4.69, 9.17) is 16.0 Å². The molecule has 24 heavy (non-hydrogen) atoms. The van der Waals surface area contributed by atoms with Crippen LogP contribution in [-0.4, -0.2) is 36.4 Å². The Morgan fingerprint density at radius 2 is 2.12 bits per heavy atom. The minimum atomic E-state index is -0.482. The third kappa shape index (κ3) is 4.64. The van der Waals surface area contributed by atoms with Gasteiger partial charge in [-0.1, -0.05) is 25.5 Å². The van der Waals surface area contributed by atoms with Gasteiger partial charge in [0.25, 0.3) is 0 Å². The number of hydrogen-bond acceptors (Lipinski definition) is 3. The number of nitrogens with zero attached hydrogens (tertiary/aromatic N) is 2. The van der Waals surface area contributed by atoms with Gasteiger partial charge in [-0.25, -0.2) is 11.4 Å². The summed E-state index contributed by atoms with van der Waals surface area (Å²) in [5.41, 5.74) is 0.667. The molecule has 1 aliphatic heterocycles. The first-order valence-corrected chi connectivity index (χ1v) is 8.38. The van der Waals surface area contributed by atoms with Crippen molar-refractivity contribution in [1.29, 1.82) is 0 Å². The van der Waals surface area contributed by atoms with Crippen LogP contribution in [0.15, 0.2) is 24.3 Å². The summed E-state index contributed by atoms with van der Waals surface area (Å²) in [5.74, 6) is 1.36. The van der Waals surface area contributed by atoms with Crippen molar-refractivity contribution >= 4 is 6.09 Å². The summed E-state index contributed by atoms with van der Waals surface area (Å²) in [5, 5.41) is 0. The van der Waals surface area contributed by atoms with Crippen LogP contribution in [-0.2, 0) is 4.74 Å². The van der Waals surface area contributed by atoms with Gasteiger partial charge < -0.3 is 14.4 Å². The molecule has 130 valence electrons. The maximum atomic E-state index is 12.4. The zero-order valence-electron chi connectivity index (χ0n) is 14.9. The molecule has 5 nitrogen and oxygen atoms in total. The Bertz CT molecular complexity index is 616. The van der Waals surface area contributed by atoms with Gasteiger partial charge in [-0.05, 0) is 44.4 Å². The van der Waals surface area contributed by atoms with Crippen molar-refractivity contribution < 1.29 is 14.3 Å². The fourth-order valence-corrected chi connectivity index (χ4v) is 3.08. The highest BCUT2D eigenvalue weighted by molar-refractivity contribution is 5.68. The van der Waals surface area contributed by atoms with E-state index in [1.807, 2.05) is 39.0 Å². The summed E-state index contributed by atoms with van der Waals surface area (Å²) in [6.07, 6.45) is 0.751. The zero-order valence-corrected chi connectivity index (χ0v) is 14.9. The van der Waals surface area contributed by atoms with Crippen LogP contribution in [0, 0.1) is 12.5 Å². The lowest BCUT2D eigenvalue weighted by atomic mass is 9.87. The zero-order chi connectivity index (χ0) is 17.7. The number of amides is 1. The smallest absolute Gasteiger partial charge is 0.410 e. The van der Waals surface area contributed by atoms with Crippen molar-refractivity contribution in [2.24, 2.45) is 5.92 Å². The number of carbonyl (C=O) groups excluding carboxylic acids is 1. The average Bonchev–Trinajstić information content (AvgIpc) is 2.96. The maximum Gasteiger partial charge on any atom is 0.410 e. The molecule has 0 N–H and O–H groups in total. The lowest BCUT2D eigenvalue weighted by molar-refractivity contribution is 0.0286. The number of likely N-dealkylation sites (tertiary alicyclic amines) is 1. The quantitative estimate of drug-likeness (QED) is 0.773. The van der Waals surface area contributed by atoms with E-state index in [2.05, 4.69) is 17.8 Å². The first-order chi connectivity index (χ1) is 11.3. The van der Waals surface area contributed by atoms with Crippen LogP contribution in [0.1, 0.15) is 45.6 Å². The van der Waals surface area contributed by atoms with Gasteiger partial charge >= 0.3 is 12.8 Å². The van der Waals surface area contributed by atoms with Gasteiger partial charge in [0.15, 0.2) is 0 Å². The Kier molecular flexibility index (Phi) is 5.71. The molecule has 0 saturated carbocycles. The number of rotatable bonds is 4. The topological polar surface area (TPSA) is 43.1 Å². The van der Waals surface area contributed by atoms with Crippen LogP contribution in [0.5, 0.6) is 5.75 Å². The summed E-state index contributed by atoms with van der Waals surface area (Å²) in [4.78, 5) is 17.4. The number of benzene rings is 1. The summed E-state index contributed by atoms with van der Waals surface area (Å²) >= 11 is 0. The monoisotopic (exact) mass is 330 g/mol. The van der Waals surface area contributed by atoms with Gasteiger partial charge in [-0.3, -0.25) is 4.85 Å². The fourth-order valence-electron chi connectivity index (χ4n) is 3.08. The minimum Gasteiger partial charge on any atom is -0.444 e. The van der Waals surface area contributed by atoms with Crippen molar-refractivity contribution in [1.82, 2.24) is 4.90 Å². The summed E-state index contributed by atoms with van der Waals surface area (Å²) in [6.45, 7) is 16.0. The lowest BCUT2D eigenvalue weighted by Gasteiger charge is -2.24. The van der Waals surface area contributed by atoms with Crippen molar-refractivity contribution in [3.05, 3.63) is 41.2 Å². The largest absolute Gasteiger partial charge is 0.444 e. The molecular weight excluding hydrogens is 304 g/mol. The van der Waals surface area contributed by atoms with E-state index < -0.39 is 5.60 Å². The summed E-state index contributed by atoms with van der Waals surface area (Å²) in [6, 6.07) is 7.85. The molecule has 0 bridgehead atoms. The van der Waals surface area contributed by atoms with E-state index >= 15 is 0 Å². The number of ether oxygens (including phenoxy) is 2. The van der Waals surface area contributed by atoms with E-state index in [0.717, 1.165) is 12.0 Å². The third-order valence-corrected chi connectivity index (χ3v) is 4.20. The molecule has 0 aliphatic carbocycles. The van der Waals surface area contributed by atoms with Gasteiger partial charge in [0.05, 0.1) is 0 Å². The Labute approximate surface area is 144 Å². The van der Waals surface area contributed by atoms with Crippen molar-refractivity contribution in [2.45, 2.75) is 45.6 Å². The predicted octanol–water partition coefficient (Wildman–Crippen LogP) is 4.30. The molecule has 5 heteroatoms. The Morgan fingerprint density at radius 3 is 2.75 bits per heavy atom. The first-order valence-electron chi connectivity index (χ1n) is 8.38.